The zero-order valence-electron chi connectivity index (χ0n) is 8.74. The van der Waals surface area contributed by atoms with Crippen LogP contribution in [0.5, 0.6) is 0 Å². The van der Waals surface area contributed by atoms with Crippen LogP contribution in [0.15, 0.2) is 27.4 Å². The normalized spacial score (nSPS) is 10.6. The van der Waals surface area contributed by atoms with Crippen LogP contribution >= 0.6 is 0 Å². The van der Waals surface area contributed by atoms with Gasteiger partial charge in [-0.3, -0.25) is 4.79 Å². The highest BCUT2D eigenvalue weighted by molar-refractivity contribution is 5.84. The van der Waals surface area contributed by atoms with E-state index in [1.54, 1.807) is 31.4 Å². The predicted octanol–water partition coefficient (Wildman–Crippen LogP) is 1.34. The number of nitrogen functional groups attached to an aromatic ring is 1. The summed E-state index contributed by atoms with van der Waals surface area (Å²) in [5, 5.41) is 0.791. The van der Waals surface area contributed by atoms with Gasteiger partial charge >= 0.3 is 5.63 Å². The van der Waals surface area contributed by atoms with Crippen LogP contribution in [-0.2, 0) is 11.2 Å². The molecule has 2 aromatic rings. The van der Waals surface area contributed by atoms with E-state index in [-0.39, 0.29) is 6.42 Å². The highest BCUT2D eigenvalue weighted by Crippen LogP contribution is 2.21. The van der Waals surface area contributed by atoms with Gasteiger partial charge in [-0.15, -0.1) is 0 Å². The molecule has 16 heavy (non-hydrogen) atoms. The van der Waals surface area contributed by atoms with E-state index >= 15 is 0 Å². The maximum absolute atomic E-state index is 11.6. The molecule has 1 aromatic heterocycles. The SMILES string of the molecule is Cc1c(C[C]=O)c(=O)oc2cc(N)ccc12. The average Bonchev–Trinajstić information content (AvgIpc) is 2.23. The van der Waals surface area contributed by atoms with Crippen molar-refractivity contribution >= 4 is 22.9 Å². The van der Waals surface area contributed by atoms with E-state index in [0.29, 0.717) is 16.8 Å². The Morgan fingerprint density at radius 3 is 2.88 bits per heavy atom. The summed E-state index contributed by atoms with van der Waals surface area (Å²) < 4.78 is 5.09. The number of hydrogen-bond donors (Lipinski definition) is 1. The molecule has 0 amide bonds. The molecule has 0 spiro atoms. The molecule has 0 unspecified atom stereocenters. The average molecular weight is 216 g/mol. The summed E-state index contributed by atoms with van der Waals surface area (Å²) in [5.74, 6) is 0. The lowest BCUT2D eigenvalue weighted by molar-refractivity contribution is 0.540. The Hall–Kier alpha value is -2.10. The second-order valence-corrected chi connectivity index (χ2v) is 3.57. The number of carbonyl (C=O) groups excluding carboxylic acids is 1. The fraction of sp³-hybridized carbons (Fsp3) is 0.167. The van der Waals surface area contributed by atoms with Crippen molar-refractivity contribution in [3.05, 3.63) is 39.7 Å². The van der Waals surface area contributed by atoms with Gasteiger partial charge in [-0.25, -0.2) is 4.79 Å². The van der Waals surface area contributed by atoms with Crippen molar-refractivity contribution in [1.29, 1.82) is 0 Å². The topological polar surface area (TPSA) is 73.3 Å². The highest BCUT2D eigenvalue weighted by atomic mass is 16.4. The van der Waals surface area contributed by atoms with Crippen LogP contribution in [0.1, 0.15) is 11.1 Å². The van der Waals surface area contributed by atoms with E-state index in [0.717, 1.165) is 10.9 Å². The molecule has 0 bridgehead atoms. The van der Waals surface area contributed by atoms with Crippen LogP contribution in [0.25, 0.3) is 11.0 Å². The number of benzene rings is 1. The predicted molar refractivity (Wildman–Crippen MR) is 61.0 cm³/mol. The summed E-state index contributed by atoms with van der Waals surface area (Å²) in [6.45, 7) is 1.78. The van der Waals surface area contributed by atoms with Gasteiger partial charge in [-0.1, -0.05) is 0 Å². The summed E-state index contributed by atoms with van der Waals surface area (Å²) in [5.41, 5.74) is 7.17. The first-order valence-electron chi connectivity index (χ1n) is 4.80. The van der Waals surface area contributed by atoms with Gasteiger partial charge in [0.05, 0.1) is 0 Å². The van der Waals surface area contributed by atoms with Gasteiger partial charge in [-0.05, 0) is 24.6 Å². The molecule has 0 saturated heterocycles. The van der Waals surface area contributed by atoms with Crippen molar-refractivity contribution in [2.45, 2.75) is 13.3 Å². The van der Waals surface area contributed by atoms with Crippen molar-refractivity contribution in [2.75, 3.05) is 5.73 Å². The standard InChI is InChI=1S/C12H10NO3/c1-7-9-3-2-8(13)6-11(9)16-12(15)10(7)4-5-14/h2-3,6H,4,13H2,1H3. The first kappa shape index (κ1) is 10.4. The van der Waals surface area contributed by atoms with Gasteiger partial charge in [0.15, 0.2) is 0 Å². The second kappa shape index (κ2) is 3.81. The van der Waals surface area contributed by atoms with E-state index < -0.39 is 5.63 Å². The quantitative estimate of drug-likeness (QED) is 0.607. The Kier molecular flexibility index (Phi) is 2.48. The molecule has 0 saturated carbocycles. The van der Waals surface area contributed by atoms with Gasteiger partial charge in [0.2, 0.25) is 6.29 Å². The zero-order chi connectivity index (χ0) is 11.7. The van der Waals surface area contributed by atoms with Crippen molar-refractivity contribution in [1.82, 2.24) is 0 Å². The Bertz CT molecular complexity index is 613. The van der Waals surface area contributed by atoms with Crippen LogP contribution in [0.3, 0.4) is 0 Å². The summed E-state index contributed by atoms with van der Waals surface area (Å²) in [6, 6.07) is 5.10. The minimum absolute atomic E-state index is 0.0471. The van der Waals surface area contributed by atoms with Gasteiger partial charge in [0.1, 0.15) is 5.58 Å². The van der Waals surface area contributed by atoms with Crippen LogP contribution in [0.4, 0.5) is 5.69 Å². The summed E-state index contributed by atoms with van der Waals surface area (Å²) in [6.07, 6.45) is 1.66. The van der Waals surface area contributed by atoms with Crippen molar-refractivity contribution < 1.29 is 9.21 Å². The van der Waals surface area contributed by atoms with Gasteiger partial charge in [0, 0.05) is 29.1 Å². The molecule has 1 heterocycles. The van der Waals surface area contributed by atoms with Gasteiger partial charge in [-0.2, -0.15) is 0 Å². The molecule has 4 nitrogen and oxygen atoms in total. The Morgan fingerprint density at radius 2 is 2.19 bits per heavy atom. The number of hydrogen-bond acceptors (Lipinski definition) is 4. The summed E-state index contributed by atoms with van der Waals surface area (Å²) in [7, 11) is 0. The molecule has 0 aliphatic heterocycles. The fourth-order valence-electron chi connectivity index (χ4n) is 1.69. The molecule has 1 aromatic carbocycles. The highest BCUT2D eigenvalue weighted by Gasteiger charge is 2.10. The molecule has 0 fully saturated rings. The molecule has 0 atom stereocenters. The Labute approximate surface area is 91.7 Å². The smallest absolute Gasteiger partial charge is 0.340 e. The lowest BCUT2D eigenvalue weighted by atomic mass is 10.0. The maximum Gasteiger partial charge on any atom is 0.340 e. The Balaban J connectivity index is 2.83. The lowest BCUT2D eigenvalue weighted by Crippen LogP contribution is -2.10. The summed E-state index contributed by atoms with van der Waals surface area (Å²) in [4.78, 5) is 21.9. The summed E-state index contributed by atoms with van der Waals surface area (Å²) >= 11 is 0. The van der Waals surface area contributed by atoms with E-state index in [1.807, 2.05) is 0 Å². The largest absolute Gasteiger partial charge is 0.422 e. The minimum atomic E-state index is -0.501. The zero-order valence-corrected chi connectivity index (χ0v) is 8.74. The number of rotatable bonds is 2. The van der Waals surface area contributed by atoms with E-state index in [1.165, 1.54) is 0 Å². The van der Waals surface area contributed by atoms with Crippen LogP contribution < -0.4 is 11.4 Å². The van der Waals surface area contributed by atoms with E-state index in [4.69, 9.17) is 10.2 Å². The molecular weight excluding hydrogens is 206 g/mol. The third-order valence-corrected chi connectivity index (χ3v) is 2.56. The molecule has 4 heteroatoms. The first-order chi connectivity index (χ1) is 7.63. The number of fused-ring (bicyclic) bond motifs is 1. The van der Waals surface area contributed by atoms with E-state index in [9.17, 15) is 9.59 Å². The third kappa shape index (κ3) is 1.58. The molecule has 0 aliphatic rings. The van der Waals surface area contributed by atoms with Crippen LogP contribution in [-0.4, -0.2) is 6.29 Å². The van der Waals surface area contributed by atoms with Crippen molar-refractivity contribution in [2.24, 2.45) is 0 Å². The molecule has 0 aliphatic carbocycles. The van der Waals surface area contributed by atoms with Crippen LogP contribution in [0.2, 0.25) is 0 Å². The Morgan fingerprint density at radius 1 is 1.44 bits per heavy atom. The first-order valence-corrected chi connectivity index (χ1v) is 4.80. The van der Waals surface area contributed by atoms with Crippen molar-refractivity contribution in [3.8, 4) is 0 Å². The monoisotopic (exact) mass is 216 g/mol. The second-order valence-electron chi connectivity index (χ2n) is 3.57. The van der Waals surface area contributed by atoms with Crippen LogP contribution in [0, 0.1) is 6.92 Å². The molecule has 81 valence electrons. The molecule has 1 radical (unpaired) electrons. The maximum atomic E-state index is 11.6. The number of aryl methyl sites for hydroxylation is 1. The number of nitrogens with two attached hydrogens (primary N) is 1. The molecular formula is C12H10NO3. The number of anilines is 1. The molecule has 2 N–H and O–H groups in total. The van der Waals surface area contributed by atoms with E-state index in [2.05, 4.69) is 0 Å². The third-order valence-electron chi connectivity index (χ3n) is 2.56. The van der Waals surface area contributed by atoms with Crippen molar-refractivity contribution in [3.63, 3.8) is 0 Å². The molecule has 2 rings (SSSR count). The fourth-order valence-corrected chi connectivity index (χ4v) is 1.69. The van der Waals surface area contributed by atoms with Gasteiger partial charge < -0.3 is 10.2 Å². The lowest BCUT2D eigenvalue weighted by Gasteiger charge is -2.05. The van der Waals surface area contributed by atoms with Gasteiger partial charge in [0.25, 0.3) is 0 Å². The minimum Gasteiger partial charge on any atom is -0.422 e.